The van der Waals surface area contributed by atoms with Crippen molar-refractivity contribution < 1.29 is 0 Å². The molecule has 3 aliphatic rings. The van der Waals surface area contributed by atoms with Gasteiger partial charge in [-0.15, -0.1) is 0 Å². The van der Waals surface area contributed by atoms with E-state index < -0.39 is 0 Å². The van der Waals surface area contributed by atoms with Crippen molar-refractivity contribution >= 4 is 0 Å². The minimum Gasteiger partial charge on any atom is -0.0654 e. The molecule has 0 amide bonds. The molecule has 3 fully saturated rings. The summed E-state index contributed by atoms with van der Waals surface area (Å²) in [5, 5.41) is 0. The number of rotatable bonds is 9. The Morgan fingerprint density at radius 1 is 0.370 bits per heavy atom. The molecule has 0 aromatic rings. The summed E-state index contributed by atoms with van der Waals surface area (Å²) in [6.07, 6.45) is 29.2. The molecule has 0 spiro atoms. The van der Waals surface area contributed by atoms with Gasteiger partial charge in [0, 0.05) is 0 Å². The monoisotopic (exact) mass is 374 g/mol. The lowest BCUT2D eigenvalue weighted by Gasteiger charge is -2.33. The van der Waals surface area contributed by atoms with Crippen molar-refractivity contribution in [1.82, 2.24) is 0 Å². The van der Waals surface area contributed by atoms with Gasteiger partial charge >= 0.3 is 0 Å². The zero-order valence-electron chi connectivity index (χ0n) is 18.9. The Balaban J connectivity index is 1.22. The predicted molar refractivity (Wildman–Crippen MR) is 120 cm³/mol. The Morgan fingerprint density at radius 3 is 0.889 bits per heavy atom. The third kappa shape index (κ3) is 7.40. The van der Waals surface area contributed by atoms with E-state index in [-0.39, 0.29) is 0 Å². The highest BCUT2D eigenvalue weighted by Gasteiger charge is 2.26. The number of hydrogen-bond acceptors (Lipinski definition) is 0. The normalized spacial score (nSPS) is 38.0. The smallest absolute Gasteiger partial charge is 0.0414 e. The van der Waals surface area contributed by atoms with Crippen LogP contribution in [0.25, 0.3) is 0 Å². The Morgan fingerprint density at radius 2 is 0.630 bits per heavy atom. The van der Waals surface area contributed by atoms with E-state index in [2.05, 4.69) is 13.8 Å². The van der Waals surface area contributed by atoms with Crippen LogP contribution in [0.4, 0.5) is 0 Å². The fourth-order valence-corrected chi connectivity index (χ4v) is 6.90. The molecule has 0 nitrogen and oxygen atoms in total. The summed E-state index contributed by atoms with van der Waals surface area (Å²) in [4.78, 5) is 0. The van der Waals surface area contributed by atoms with Gasteiger partial charge in [0.25, 0.3) is 0 Å². The molecule has 27 heavy (non-hydrogen) atoms. The van der Waals surface area contributed by atoms with E-state index >= 15 is 0 Å². The summed E-state index contributed by atoms with van der Waals surface area (Å²) in [5.41, 5.74) is 0. The van der Waals surface area contributed by atoms with E-state index in [9.17, 15) is 0 Å². The van der Waals surface area contributed by atoms with Crippen LogP contribution in [0.15, 0.2) is 0 Å². The van der Waals surface area contributed by atoms with Gasteiger partial charge in [0.15, 0.2) is 0 Å². The van der Waals surface area contributed by atoms with Gasteiger partial charge in [0.1, 0.15) is 0 Å². The van der Waals surface area contributed by atoms with Crippen molar-refractivity contribution in [1.29, 1.82) is 0 Å². The largest absolute Gasteiger partial charge is 0.0654 e. The van der Waals surface area contributed by atoms with Crippen LogP contribution in [-0.4, -0.2) is 0 Å². The van der Waals surface area contributed by atoms with Gasteiger partial charge in [0.05, 0.1) is 0 Å². The maximum Gasteiger partial charge on any atom is -0.0414 e. The molecule has 3 saturated carbocycles. The zero-order valence-corrected chi connectivity index (χ0v) is 18.9. The van der Waals surface area contributed by atoms with Crippen molar-refractivity contribution in [3.63, 3.8) is 0 Å². The van der Waals surface area contributed by atoms with Crippen LogP contribution in [0.3, 0.4) is 0 Å². The Hall–Kier alpha value is 0. The van der Waals surface area contributed by atoms with Crippen molar-refractivity contribution in [2.24, 2.45) is 35.5 Å². The molecular formula is C27H50. The molecular weight excluding hydrogens is 324 g/mol. The second-order valence-corrected chi connectivity index (χ2v) is 11.0. The van der Waals surface area contributed by atoms with E-state index in [0.717, 1.165) is 35.5 Å². The van der Waals surface area contributed by atoms with E-state index in [0.29, 0.717) is 0 Å². The van der Waals surface area contributed by atoms with E-state index in [1.807, 2.05) is 0 Å². The average molecular weight is 375 g/mol. The molecule has 158 valence electrons. The summed E-state index contributed by atoms with van der Waals surface area (Å²) in [6, 6.07) is 0. The molecule has 0 aromatic heterocycles. The van der Waals surface area contributed by atoms with Crippen LogP contribution in [0.5, 0.6) is 0 Å². The minimum absolute atomic E-state index is 1.07. The van der Waals surface area contributed by atoms with Crippen molar-refractivity contribution in [2.75, 3.05) is 0 Å². The molecule has 3 rings (SSSR count). The molecule has 0 aliphatic heterocycles. The zero-order chi connectivity index (χ0) is 18.9. The fraction of sp³-hybridized carbons (Fsp3) is 1.00. The second-order valence-electron chi connectivity index (χ2n) is 11.0. The molecule has 0 heteroatoms. The Labute approximate surface area is 171 Å². The van der Waals surface area contributed by atoms with Gasteiger partial charge in [-0.2, -0.15) is 0 Å². The predicted octanol–water partition coefficient (Wildman–Crippen LogP) is 9.18. The van der Waals surface area contributed by atoms with E-state index in [1.54, 1.807) is 89.9 Å². The molecule has 0 heterocycles. The molecule has 0 bridgehead atoms. The average Bonchev–Trinajstić information content (AvgIpc) is 2.73. The van der Waals surface area contributed by atoms with Gasteiger partial charge < -0.3 is 0 Å². The lowest BCUT2D eigenvalue weighted by atomic mass is 9.73. The molecule has 0 atom stereocenters. The van der Waals surface area contributed by atoms with Crippen molar-refractivity contribution in [3.05, 3.63) is 0 Å². The number of hydrogen-bond donors (Lipinski definition) is 0. The highest BCUT2D eigenvalue weighted by atomic mass is 14.3. The lowest BCUT2D eigenvalue weighted by Crippen LogP contribution is -2.19. The van der Waals surface area contributed by atoms with Gasteiger partial charge in [0.2, 0.25) is 0 Å². The maximum atomic E-state index is 2.39. The SMILES string of the molecule is CCCC1CCC(CCC2CCC(CCC3CCC(CC)CC3)CC2)CC1. The van der Waals surface area contributed by atoms with Crippen molar-refractivity contribution in [3.8, 4) is 0 Å². The van der Waals surface area contributed by atoms with E-state index in [1.165, 1.54) is 32.1 Å². The summed E-state index contributed by atoms with van der Waals surface area (Å²) < 4.78 is 0. The summed E-state index contributed by atoms with van der Waals surface area (Å²) in [5.74, 6) is 6.52. The van der Waals surface area contributed by atoms with Crippen LogP contribution in [0.1, 0.15) is 136 Å². The van der Waals surface area contributed by atoms with Crippen molar-refractivity contribution in [2.45, 2.75) is 136 Å². The summed E-state index contributed by atoms with van der Waals surface area (Å²) in [6.45, 7) is 4.75. The Kier molecular flexibility index (Phi) is 9.54. The molecule has 0 unspecified atom stereocenters. The maximum absolute atomic E-state index is 2.39. The summed E-state index contributed by atoms with van der Waals surface area (Å²) in [7, 11) is 0. The third-order valence-corrected chi connectivity index (χ3v) is 9.14. The van der Waals surface area contributed by atoms with Crippen LogP contribution < -0.4 is 0 Å². The molecule has 0 N–H and O–H groups in total. The van der Waals surface area contributed by atoms with Crippen LogP contribution in [0, 0.1) is 35.5 Å². The third-order valence-electron chi connectivity index (χ3n) is 9.14. The van der Waals surface area contributed by atoms with Crippen LogP contribution >= 0.6 is 0 Å². The minimum atomic E-state index is 1.07. The highest BCUT2D eigenvalue weighted by molar-refractivity contribution is 4.78. The van der Waals surface area contributed by atoms with Gasteiger partial charge in [-0.25, -0.2) is 0 Å². The first kappa shape index (κ1) is 21.7. The van der Waals surface area contributed by atoms with E-state index in [4.69, 9.17) is 0 Å². The van der Waals surface area contributed by atoms with Gasteiger partial charge in [-0.1, -0.05) is 136 Å². The first-order chi connectivity index (χ1) is 13.3. The first-order valence-electron chi connectivity index (χ1n) is 13.3. The molecule has 0 saturated heterocycles. The quantitative estimate of drug-likeness (QED) is 0.377. The fourth-order valence-electron chi connectivity index (χ4n) is 6.90. The topological polar surface area (TPSA) is 0 Å². The first-order valence-corrected chi connectivity index (χ1v) is 13.3. The van der Waals surface area contributed by atoms with Crippen LogP contribution in [0.2, 0.25) is 0 Å². The Bertz CT molecular complexity index is 361. The molecule has 3 aliphatic carbocycles. The summed E-state index contributed by atoms with van der Waals surface area (Å²) >= 11 is 0. The second kappa shape index (κ2) is 11.9. The lowest BCUT2D eigenvalue weighted by molar-refractivity contribution is 0.195. The highest BCUT2D eigenvalue weighted by Crippen LogP contribution is 2.40. The van der Waals surface area contributed by atoms with Crippen LogP contribution in [-0.2, 0) is 0 Å². The van der Waals surface area contributed by atoms with Gasteiger partial charge in [-0.05, 0) is 35.5 Å². The molecule has 0 aromatic carbocycles. The molecule has 0 radical (unpaired) electrons. The van der Waals surface area contributed by atoms with Gasteiger partial charge in [-0.3, -0.25) is 0 Å². The standard InChI is InChI=1S/C27H50/c1-3-5-23-10-12-25(13-11-23)16-17-27-20-18-26(19-21-27)15-14-24-8-6-22(4-2)7-9-24/h22-27H,3-21H2,1-2H3.